The second kappa shape index (κ2) is 8.44. The minimum absolute atomic E-state index is 0.101. The van der Waals surface area contributed by atoms with Crippen molar-refractivity contribution in [2.24, 2.45) is 5.73 Å². The third-order valence-electron chi connectivity index (χ3n) is 5.86. The first kappa shape index (κ1) is 20.2. The van der Waals surface area contributed by atoms with Crippen LogP contribution in [0.1, 0.15) is 25.3 Å². The van der Waals surface area contributed by atoms with E-state index in [9.17, 15) is 4.79 Å². The normalized spacial score (nSPS) is 16.3. The summed E-state index contributed by atoms with van der Waals surface area (Å²) in [5.74, 6) is 6.75. The Morgan fingerprint density at radius 3 is 2.94 bits per heavy atom. The smallest absolute Gasteiger partial charge is 0.293 e. The van der Waals surface area contributed by atoms with E-state index in [1.165, 1.54) is 4.68 Å². The van der Waals surface area contributed by atoms with Crippen LogP contribution in [0.5, 0.6) is 0 Å². The molecule has 1 aliphatic heterocycles. The standard InChI is InChI=1S/C24H25N7O/c1-2-3-11-30-22-21(28-24(30)29-10-6-8-19(25)16-29)14-27-31(23(22)32)15-17-12-18-7-4-5-9-20(18)26-13-17/h4-5,7,9,12-14,19H,6,8,10-11,15-16,25H2,1H3/t19-/m1/s1. The molecule has 1 aromatic carbocycles. The van der Waals surface area contributed by atoms with Crippen molar-refractivity contribution >= 4 is 27.9 Å². The van der Waals surface area contributed by atoms with Crippen molar-refractivity contribution in [3.63, 3.8) is 0 Å². The van der Waals surface area contributed by atoms with Crippen LogP contribution < -0.4 is 16.2 Å². The van der Waals surface area contributed by atoms with E-state index in [1.54, 1.807) is 19.3 Å². The number of piperidine rings is 1. The van der Waals surface area contributed by atoms with E-state index < -0.39 is 0 Å². The van der Waals surface area contributed by atoms with Crippen molar-refractivity contribution < 1.29 is 0 Å². The predicted octanol–water partition coefficient (Wildman–Crippen LogP) is 2.14. The maximum Gasteiger partial charge on any atom is 0.293 e. The molecule has 0 radical (unpaired) electrons. The first-order chi connectivity index (χ1) is 15.6. The quantitative estimate of drug-likeness (QED) is 0.502. The van der Waals surface area contributed by atoms with Gasteiger partial charge >= 0.3 is 0 Å². The number of pyridine rings is 1. The highest BCUT2D eigenvalue weighted by Crippen LogP contribution is 2.23. The fourth-order valence-electron chi connectivity index (χ4n) is 4.30. The van der Waals surface area contributed by atoms with E-state index in [4.69, 9.17) is 10.7 Å². The molecule has 0 aliphatic carbocycles. The van der Waals surface area contributed by atoms with Crippen LogP contribution in [0.15, 0.2) is 47.5 Å². The Morgan fingerprint density at radius 2 is 2.09 bits per heavy atom. The largest absolute Gasteiger partial charge is 0.341 e. The van der Waals surface area contributed by atoms with Gasteiger partial charge in [-0.3, -0.25) is 14.3 Å². The molecule has 0 spiro atoms. The second-order valence-electron chi connectivity index (χ2n) is 8.15. The van der Waals surface area contributed by atoms with Gasteiger partial charge in [0.2, 0.25) is 5.95 Å². The molecule has 0 amide bonds. The zero-order valence-electron chi connectivity index (χ0n) is 18.0. The molecule has 2 N–H and O–H groups in total. The van der Waals surface area contributed by atoms with Gasteiger partial charge in [0.1, 0.15) is 11.0 Å². The van der Waals surface area contributed by atoms with Gasteiger partial charge in [-0.05, 0) is 37.5 Å². The van der Waals surface area contributed by atoms with Crippen LogP contribution >= 0.6 is 0 Å². The van der Waals surface area contributed by atoms with E-state index in [2.05, 4.69) is 26.8 Å². The lowest BCUT2D eigenvalue weighted by atomic mass is 10.1. The van der Waals surface area contributed by atoms with Crippen LogP contribution in [0.4, 0.5) is 5.95 Å². The van der Waals surface area contributed by atoms with Gasteiger partial charge in [0.25, 0.3) is 5.56 Å². The van der Waals surface area contributed by atoms with E-state index >= 15 is 0 Å². The molecular formula is C24H25N7O. The summed E-state index contributed by atoms with van der Waals surface area (Å²) in [5.41, 5.74) is 8.95. The molecule has 3 aromatic heterocycles. The SMILES string of the molecule is CC#CCn1c(N2CCC[C@@H](N)C2)nc2cnn(Cc3cnc4ccccc4c3)c(=O)c21. The summed E-state index contributed by atoms with van der Waals surface area (Å²) in [7, 11) is 0. The third kappa shape index (κ3) is 3.72. The van der Waals surface area contributed by atoms with Gasteiger partial charge in [-0.25, -0.2) is 9.67 Å². The van der Waals surface area contributed by atoms with E-state index in [1.807, 2.05) is 34.9 Å². The highest BCUT2D eigenvalue weighted by atomic mass is 16.1. The highest BCUT2D eigenvalue weighted by molar-refractivity contribution is 5.79. The lowest BCUT2D eigenvalue weighted by Gasteiger charge is -2.31. The molecule has 0 bridgehead atoms. The van der Waals surface area contributed by atoms with Gasteiger partial charge in [0.05, 0.1) is 24.8 Å². The summed E-state index contributed by atoms with van der Waals surface area (Å²) in [5, 5.41) is 5.43. The first-order valence-corrected chi connectivity index (χ1v) is 10.8. The number of benzene rings is 1. The lowest BCUT2D eigenvalue weighted by molar-refractivity contribution is 0.496. The van der Waals surface area contributed by atoms with Crippen LogP contribution in [-0.4, -0.2) is 43.4 Å². The minimum atomic E-state index is -0.186. The number of hydrogen-bond acceptors (Lipinski definition) is 6. The van der Waals surface area contributed by atoms with Gasteiger partial charge in [-0.2, -0.15) is 5.10 Å². The van der Waals surface area contributed by atoms with E-state index in [0.717, 1.165) is 41.8 Å². The molecule has 1 atom stereocenters. The molecule has 1 aliphatic rings. The molecular weight excluding hydrogens is 402 g/mol. The number of fused-ring (bicyclic) bond motifs is 2. The van der Waals surface area contributed by atoms with Crippen molar-refractivity contribution in [3.05, 3.63) is 58.6 Å². The van der Waals surface area contributed by atoms with Gasteiger partial charge < -0.3 is 10.6 Å². The van der Waals surface area contributed by atoms with Gasteiger partial charge in [0.15, 0.2) is 0 Å². The number of para-hydroxylation sites is 1. The van der Waals surface area contributed by atoms with Crippen LogP contribution in [0.2, 0.25) is 0 Å². The molecule has 162 valence electrons. The average Bonchev–Trinajstić information content (AvgIpc) is 3.19. The molecule has 0 unspecified atom stereocenters. The number of aromatic nitrogens is 5. The van der Waals surface area contributed by atoms with E-state index in [0.29, 0.717) is 30.7 Å². The summed E-state index contributed by atoms with van der Waals surface area (Å²) < 4.78 is 3.38. The lowest BCUT2D eigenvalue weighted by Crippen LogP contribution is -2.44. The Kier molecular flexibility index (Phi) is 5.33. The average molecular weight is 428 g/mol. The Hall–Kier alpha value is -3.70. The van der Waals surface area contributed by atoms with E-state index in [-0.39, 0.29) is 11.6 Å². The van der Waals surface area contributed by atoms with Crippen molar-refractivity contribution in [2.75, 3.05) is 18.0 Å². The minimum Gasteiger partial charge on any atom is -0.341 e. The van der Waals surface area contributed by atoms with Crippen molar-refractivity contribution in [1.29, 1.82) is 0 Å². The molecule has 32 heavy (non-hydrogen) atoms. The maximum atomic E-state index is 13.5. The van der Waals surface area contributed by atoms with Crippen LogP contribution in [-0.2, 0) is 13.1 Å². The highest BCUT2D eigenvalue weighted by Gasteiger charge is 2.24. The molecule has 5 rings (SSSR count). The number of nitrogens with zero attached hydrogens (tertiary/aromatic N) is 6. The molecule has 8 nitrogen and oxygen atoms in total. The fourth-order valence-corrected chi connectivity index (χ4v) is 4.30. The summed E-state index contributed by atoms with van der Waals surface area (Å²) in [4.78, 5) is 24.9. The first-order valence-electron chi connectivity index (χ1n) is 10.8. The summed E-state index contributed by atoms with van der Waals surface area (Å²) in [6.07, 6.45) is 5.45. The number of rotatable bonds is 4. The summed E-state index contributed by atoms with van der Waals surface area (Å²) in [6.45, 7) is 4.10. The Morgan fingerprint density at radius 1 is 1.22 bits per heavy atom. The predicted molar refractivity (Wildman–Crippen MR) is 126 cm³/mol. The van der Waals surface area contributed by atoms with Crippen LogP contribution in [0.3, 0.4) is 0 Å². The number of anilines is 1. The van der Waals surface area contributed by atoms with Crippen molar-refractivity contribution in [3.8, 4) is 11.8 Å². The van der Waals surface area contributed by atoms with Crippen LogP contribution in [0.25, 0.3) is 21.9 Å². The molecule has 0 saturated carbocycles. The molecule has 4 aromatic rings. The molecule has 4 heterocycles. The van der Waals surface area contributed by atoms with Gasteiger partial charge in [-0.15, -0.1) is 5.92 Å². The maximum absolute atomic E-state index is 13.5. The monoisotopic (exact) mass is 427 g/mol. The fraction of sp³-hybridized carbons (Fsp3) is 0.333. The van der Waals surface area contributed by atoms with Crippen molar-refractivity contribution in [1.82, 2.24) is 24.3 Å². The zero-order chi connectivity index (χ0) is 22.1. The number of nitrogens with two attached hydrogens (primary N) is 1. The number of hydrogen-bond donors (Lipinski definition) is 1. The molecule has 1 saturated heterocycles. The van der Waals surface area contributed by atoms with Crippen molar-refractivity contribution in [2.45, 2.75) is 38.9 Å². The third-order valence-corrected chi connectivity index (χ3v) is 5.86. The Labute approximate surface area is 185 Å². The Balaban J connectivity index is 1.58. The topological polar surface area (TPSA) is 94.9 Å². The number of imidazole rings is 1. The Bertz CT molecular complexity index is 1410. The summed E-state index contributed by atoms with van der Waals surface area (Å²) >= 11 is 0. The second-order valence-corrected chi connectivity index (χ2v) is 8.15. The summed E-state index contributed by atoms with van der Waals surface area (Å²) in [6, 6.07) is 10.1. The molecule has 8 heteroatoms. The van der Waals surface area contributed by atoms with Crippen LogP contribution in [0, 0.1) is 11.8 Å². The zero-order valence-corrected chi connectivity index (χ0v) is 18.0. The molecule has 1 fully saturated rings. The van der Waals surface area contributed by atoms with Gasteiger partial charge in [-0.1, -0.05) is 24.1 Å². The van der Waals surface area contributed by atoms with Gasteiger partial charge in [0, 0.05) is 30.7 Å².